The van der Waals surface area contributed by atoms with Gasteiger partial charge >= 0.3 is 6.18 Å². The molecule has 0 amide bonds. The van der Waals surface area contributed by atoms with E-state index in [2.05, 4.69) is 4.72 Å². The van der Waals surface area contributed by atoms with E-state index < -0.39 is 28.3 Å². The van der Waals surface area contributed by atoms with E-state index in [-0.39, 0.29) is 4.90 Å². The zero-order chi connectivity index (χ0) is 14.3. The van der Waals surface area contributed by atoms with Gasteiger partial charge in [0.1, 0.15) is 11.0 Å². The van der Waals surface area contributed by atoms with E-state index in [1.54, 1.807) is 13.8 Å². The van der Waals surface area contributed by atoms with Crippen LogP contribution in [0.3, 0.4) is 0 Å². The van der Waals surface area contributed by atoms with E-state index in [0.29, 0.717) is 18.8 Å². The van der Waals surface area contributed by atoms with Gasteiger partial charge in [-0.05, 0) is 26.0 Å². The molecule has 1 saturated heterocycles. The molecule has 7 heteroatoms. The van der Waals surface area contributed by atoms with Gasteiger partial charge in [-0.1, -0.05) is 11.6 Å². The average Bonchev–Trinajstić information content (AvgIpc) is 2.25. The fourth-order valence-corrected chi connectivity index (χ4v) is 3.01. The normalized spacial score (nSPS) is 19.8. The Hall–Kier alpha value is -0.920. The number of hydrogen-bond donors (Lipinski definition) is 1. The summed E-state index contributed by atoms with van der Waals surface area (Å²) >= 11 is 0. The Kier molecular flexibility index (Phi) is 3.72. The van der Waals surface area contributed by atoms with Gasteiger partial charge in [0.2, 0.25) is 0 Å². The zero-order valence-corrected chi connectivity index (χ0v) is 11.3. The molecule has 2 rings (SSSR count). The summed E-state index contributed by atoms with van der Waals surface area (Å²) in [6.45, 7) is 4.00. The molecular formula is C12H14F3NO2S. The zero-order valence-electron chi connectivity index (χ0n) is 10.5. The number of rotatable bonds is 3. The highest BCUT2D eigenvalue weighted by Gasteiger charge is 2.39. The third-order valence-corrected chi connectivity index (χ3v) is 4.25. The van der Waals surface area contributed by atoms with Crippen LogP contribution in [0.1, 0.15) is 18.1 Å². The Morgan fingerprint density at radius 1 is 1.37 bits per heavy atom. The van der Waals surface area contributed by atoms with Crippen molar-refractivity contribution in [2.75, 3.05) is 13.2 Å². The molecule has 0 saturated carbocycles. The number of ether oxygens (including phenoxy) is 1. The maximum atomic E-state index is 12.9. The summed E-state index contributed by atoms with van der Waals surface area (Å²) in [7, 11) is -1.92. The van der Waals surface area contributed by atoms with Crippen LogP contribution in [0.2, 0.25) is 0 Å². The monoisotopic (exact) mass is 293 g/mol. The summed E-state index contributed by atoms with van der Waals surface area (Å²) in [6, 6.07) is 3.78. The van der Waals surface area contributed by atoms with Gasteiger partial charge in [-0.25, -0.2) is 8.93 Å². The van der Waals surface area contributed by atoms with Crippen molar-refractivity contribution in [1.82, 2.24) is 4.72 Å². The molecule has 3 nitrogen and oxygen atoms in total. The van der Waals surface area contributed by atoms with Gasteiger partial charge in [0, 0.05) is 0 Å². The van der Waals surface area contributed by atoms with E-state index in [9.17, 15) is 17.4 Å². The molecule has 19 heavy (non-hydrogen) atoms. The Labute approximate surface area is 111 Å². The quantitative estimate of drug-likeness (QED) is 0.929. The lowest BCUT2D eigenvalue weighted by atomic mass is 10.0. The Balaban J connectivity index is 2.31. The number of halogens is 3. The van der Waals surface area contributed by atoms with Gasteiger partial charge in [-0.2, -0.15) is 13.2 Å². The number of hydrogen-bond acceptors (Lipinski definition) is 2. The third kappa shape index (κ3) is 3.16. The number of benzene rings is 1. The molecule has 1 aliphatic rings. The van der Waals surface area contributed by atoms with Crippen molar-refractivity contribution < 1.29 is 22.1 Å². The van der Waals surface area contributed by atoms with Crippen LogP contribution in [-0.4, -0.2) is 23.0 Å². The molecule has 1 aliphatic heterocycles. The highest BCUT2D eigenvalue weighted by Crippen LogP contribution is 2.34. The molecule has 1 heterocycles. The van der Waals surface area contributed by atoms with Crippen LogP contribution in [0.15, 0.2) is 23.1 Å². The van der Waals surface area contributed by atoms with Gasteiger partial charge in [-0.15, -0.1) is 0 Å². The number of alkyl halides is 3. The molecule has 0 aliphatic carbocycles. The topological polar surface area (TPSA) is 38.3 Å². The summed E-state index contributed by atoms with van der Waals surface area (Å²) < 4.78 is 58.5. The summed E-state index contributed by atoms with van der Waals surface area (Å²) in [5.74, 6) is 0. The molecule has 0 spiro atoms. The van der Waals surface area contributed by atoms with Gasteiger partial charge in [-0.3, -0.25) is 0 Å². The second-order valence-electron chi connectivity index (χ2n) is 4.92. The van der Waals surface area contributed by atoms with Crippen molar-refractivity contribution in [2.24, 2.45) is 0 Å². The highest BCUT2D eigenvalue weighted by molar-refractivity contribution is 7.83. The molecule has 1 aromatic carbocycles. The lowest BCUT2D eigenvalue weighted by Gasteiger charge is -2.38. The Morgan fingerprint density at radius 3 is 2.47 bits per heavy atom. The van der Waals surface area contributed by atoms with Crippen molar-refractivity contribution in [3.63, 3.8) is 0 Å². The van der Waals surface area contributed by atoms with Crippen molar-refractivity contribution in [2.45, 2.75) is 30.5 Å². The molecule has 1 unspecified atom stereocenters. The smallest absolute Gasteiger partial charge is 0.377 e. The van der Waals surface area contributed by atoms with Crippen LogP contribution in [0.5, 0.6) is 0 Å². The molecule has 0 aromatic heterocycles. The minimum Gasteiger partial charge on any atom is -0.377 e. The summed E-state index contributed by atoms with van der Waals surface area (Å²) in [6.07, 6.45) is -4.52. The molecule has 1 fully saturated rings. The van der Waals surface area contributed by atoms with Gasteiger partial charge in [0.05, 0.1) is 29.2 Å². The molecule has 1 aromatic rings. The molecule has 1 atom stereocenters. The fraction of sp³-hybridized carbons (Fsp3) is 0.500. The number of aryl methyl sites for hydroxylation is 1. The summed E-state index contributed by atoms with van der Waals surface area (Å²) in [5, 5.41) is 0. The van der Waals surface area contributed by atoms with Gasteiger partial charge < -0.3 is 4.74 Å². The van der Waals surface area contributed by atoms with Gasteiger partial charge in [0.25, 0.3) is 0 Å². The van der Waals surface area contributed by atoms with Crippen LogP contribution in [0.4, 0.5) is 13.2 Å². The molecule has 1 N–H and O–H groups in total. The largest absolute Gasteiger partial charge is 0.417 e. The molecular weight excluding hydrogens is 279 g/mol. The van der Waals surface area contributed by atoms with Crippen LogP contribution in [-0.2, 0) is 21.9 Å². The Bertz CT molecular complexity index is 512. The van der Waals surface area contributed by atoms with Crippen molar-refractivity contribution in [3.8, 4) is 0 Å². The first kappa shape index (κ1) is 14.5. The predicted octanol–water partition coefficient (Wildman–Crippen LogP) is 2.41. The molecule has 106 valence electrons. The SMILES string of the molecule is Cc1ccc(S(=O)NC2(C)COC2)c(C(F)(F)F)c1. The maximum absolute atomic E-state index is 12.9. The average molecular weight is 293 g/mol. The predicted molar refractivity (Wildman–Crippen MR) is 64.9 cm³/mol. The first-order chi connectivity index (χ1) is 8.71. The highest BCUT2D eigenvalue weighted by atomic mass is 32.2. The number of nitrogens with one attached hydrogen (secondary N) is 1. The maximum Gasteiger partial charge on any atom is 0.417 e. The van der Waals surface area contributed by atoms with Crippen molar-refractivity contribution in [1.29, 1.82) is 0 Å². The van der Waals surface area contributed by atoms with E-state index in [1.165, 1.54) is 12.1 Å². The van der Waals surface area contributed by atoms with Crippen LogP contribution in [0, 0.1) is 6.92 Å². The van der Waals surface area contributed by atoms with E-state index in [0.717, 1.165) is 6.07 Å². The first-order valence-corrected chi connectivity index (χ1v) is 6.81. The standard InChI is InChI=1S/C12H14F3NO2S/c1-8-3-4-10(9(5-8)12(13,14)15)19(17)16-11(2)6-18-7-11/h3-5,16H,6-7H2,1-2H3. The summed E-state index contributed by atoms with van der Waals surface area (Å²) in [4.78, 5) is -0.244. The lowest BCUT2D eigenvalue weighted by Crippen LogP contribution is -2.58. The second-order valence-corrected chi connectivity index (χ2v) is 6.10. The van der Waals surface area contributed by atoms with Crippen molar-refractivity contribution in [3.05, 3.63) is 29.3 Å². The first-order valence-electron chi connectivity index (χ1n) is 5.66. The Morgan fingerprint density at radius 2 is 2.00 bits per heavy atom. The molecule has 0 radical (unpaired) electrons. The minimum absolute atomic E-state index is 0.244. The van der Waals surface area contributed by atoms with Crippen LogP contribution >= 0.6 is 0 Å². The van der Waals surface area contributed by atoms with Crippen LogP contribution < -0.4 is 4.72 Å². The van der Waals surface area contributed by atoms with Crippen molar-refractivity contribution >= 4 is 11.0 Å². The van der Waals surface area contributed by atoms with E-state index in [4.69, 9.17) is 4.74 Å². The van der Waals surface area contributed by atoms with E-state index >= 15 is 0 Å². The third-order valence-electron chi connectivity index (χ3n) is 2.82. The van der Waals surface area contributed by atoms with E-state index in [1.807, 2.05) is 0 Å². The minimum atomic E-state index is -4.52. The van der Waals surface area contributed by atoms with Gasteiger partial charge in [0.15, 0.2) is 0 Å². The second kappa shape index (κ2) is 4.88. The van der Waals surface area contributed by atoms with Crippen LogP contribution in [0.25, 0.3) is 0 Å². The lowest BCUT2D eigenvalue weighted by molar-refractivity contribution is -0.139. The molecule has 0 bridgehead atoms. The fourth-order valence-electron chi connectivity index (χ4n) is 1.77. The summed E-state index contributed by atoms with van der Waals surface area (Å²) in [5.41, 5.74) is -0.910.